The van der Waals surface area contributed by atoms with Crippen LogP contribution in [0.3, 0.4) is 0 Å². The molecule has 0 unspecified atom stereocenters. The van der Waals surface area contributed by atoms with Gasteiger partial charge in [0.1, 0.15) is 0 Å². The first-order chi connectivity index (χ1) is 9.99. The van der Waals surface area contributed by atoms with Crippen LogP contribution >= 0.6 is 0 Å². The Kier molecular flexibility index (Phi) is 7.84. The second kappa shape index (κ2) is 9.11. The maximum absolute atomic E-state index is 12.1. The van der Waals surface area contributed by atoms with E-state index in [0.717, 1.165) is 18.5 Å². The highest BCUT2D eigenvalue weighted by atomic mass is 32.2. The van der Waals surface area contributed by atoms with E-state index in [0.29, 0.717) is 26.2 Å². The summed E-state index contributed by atoms with van der Waals surface area (Å²) in [6, 6.07) is 6.82. The van der Waals surface area contributed by atoms with E-state index in [1.54, 1.807) is 31.4 Å². The van der Waals surface area contributed by atoms with Crippen molar-refractivity contribution in [3.8, 4) is 0 Å². The number of sulfonamides is 1. The van der Waals surface area contributed by atoms with Crippen LogP contribution in [0.25, 0.3) is 0 Å². The van der Waals surface area contributed by atoms with Crippen LogP contribution in [0.15, 0.2) is 29.2 Å². The number of benzene rings is 1. The van der Waals surface area contributed by atoms with Crippen molar-refractivity contribution in [3.63, 3.8) is 0 Å². The van der Waals surface area contributed by atoms with Crippen molar-refractivity contribution in [1.29, 1.82) is 0 Å². The van der Waals surface area contributed by atoms with E-state index >= 15 is 0 Å². The lowest BCUT2D eigenvalue weighted by Crippen LogP contribution is -2.34. The van der Waals surface area contributed by atoms with Crippen LogP contribution in [0.5, 0.6) is 0 Å². The minimum Gasteiger partial charge on any atom is -0.383 e. The van der Waals surface area contributed by atoms with Gasteiger partial charge in [-0.05, 0) is 37.7 Å². The van der Waals surface area contributed by atoms with Gasteiger partial charge in [0.2, 0.25) is 10.0 Å². The van der Waals surface area contributed by atoms with Crippen LogP contribution in [-0.4, -0.2) is 60.3 Å². The highest BCUT2D eigenvalue weighted by Crippen LogP contribution is 2.10. The van der Waals surface area contributed by atoms with Crippen molar-refractivity contribution in [1.82, 2.24) is 9.62 Å². The molecule has 0 aliphatic heterocycles. The maximum Gasteiger partial charge on any atom is 0.240 e. The third kappa shape index (κ3) is 6.54. The van der Waals surface area contributed by atoms with E-state index in [1.165, 1.54) is 0 Å². The van der Waals surface area contributed by atoms with Crippen LogP contribution in [0.1, 0.15) is 5.56 Å². The molecule has 0 bridgehead atoms. The predicted molar refractivity (Wildman–Crippen MR) is 83.8 cm³/mol. The summed E-state index contributed by atoms with van der Waals surface area (Å²) in [7, 11) is 0.122. The number of nitrogens with zero attached hydrogens (tertiary/aromatic N) is 1. The molecule has 0 saturated heterocycles. The van der Waals surface area contributed by atoms with Gasteiger partial charge < -0.3 is 15.4 Å². The van der Waals surface area contributed by atoms with Gasteiger partial charge in [0.15, 0.2) is 0 Å². The first-order valence-electron chi connectivity index (χ1n) is 6.95. The zero-order valence-corrected chi connectivity index (χ0v) is 13.5. The Bertz CT molecular complexity index is 503. The van der Waals surface area contributed by atoms with E-state index in [-0.39, 0.29) is 4.90 Å². The van der Waals surface area contributed by atoms with Crippen molar-refractivity contribution in [2.45, 2.75) is 11.3 Å². The normalized spacial score (nSPS) is 12.0. The molecule has 0 radical (unpaired) electrons. The highest BCUT2D eigenvalue weighted by Gasteiger charge is 2.13. The molecule has 0 atom stereocenters. The summed E-state index contributed by atoms with van der Waals surface area (Å²) >= 11 is 0. The monoisotopic (exact) mass is 315 g/mol. The summed E-state index contributed by atoms with van der Waals surface area (Å²) in [4.78, 5) is 2.29. The largest absolute Gasteiger partial charge is 0.383 e. The van der Waals surface area contributed by atoms with Crippen molar-refractivity contribution in [2.24, 2.45) is 5.73 Å². The van der Waals surface area contributed by atoms with Crippen LogP contribution in [-0.2, 0) is 21.2 Å². The molecule has 0 fully saturated rings. The number of hydrogen-bond acceptors (Lipinski definition) is 5. The van der Waals surface area contributed by atoms with E-state index < -0.39 is 10.0 Å². The van der Waals surface area contributed by atoms with Gasteiger partial charge in [-0.25, -0.2) is 13.1 Å². The van der Waals surface area contributed by atoms with Gasteiger partial charge in [-0.1, -0.05) is 12.1 Å². The number of ether oxygens (including phenoxy) is 1. The molecule has 120 valence electrons. The minimum atomic E-state index is -3.45. The fourth-order valence-electron chi connectivity index (χ4n) is 1.82. The van der Waals surface area contributed by atoms with Gasteiger partial charge in [-0.2, -0.15) is 0 Å². The van der Waals surface area contributed by atoms with Crippen LogP contribution in [0.4, 0.5) is 0 Å². The molecule has 0 aromatic heterocycles. The van der Waals surface area contributed by atoms with Crippen molar-refractivity contribution in [3.05, 3.63) is 29.8 Å². The summed E-state index contributed by atoms with van der Waals surface area (Å²) < 4.78 is 31.8. The quantitative estimate of drug-likeness (QED) is 0.637. The van der Waals surface area contributed by atoms with Crippen LogP contribution in [0, 0.1) is 0 Å². The lowest BCUT2D eigenvalue weighted by molar-refractivity contribution is 0.162. The van der Waals surface area contributed by atoms with Crippen LogP contribution < -0.4 is 10.5 Å². The second-order valence-corrected chi connectivity index (χ2v) is 6.64. The molecule has 0 saturated carbocycles. The van der Waals surface area contributed by atoms with E-state index in [4.69, 9.17) is 10.5 Å². The van der Waals surface area contributed by atoms with Gasteiger partial charge in [0.25, 0.3) is 0 Å². The molecule has 0 amide bonds. The fraction of sp³-hybridized carbons (Fsp3) is 0.571. The summed E-state index contributed by atoms with van der Waals surface area (Å²) in [5.41, 5.74) is 6.51. The van der Waals surface area contributed by atoms with E-state index in [2.05, 4.69) is 4.72 Å². The summed E-state index contributed by atoms with van der Waals surface area (Å²) in [5, 5.41) is 0. The van der Waals surface area contributed by atoms with E-state index in [9.17, 15) is 8.42 Å². The first kappa shape index (κ1) is 18.1. The molecule has 0 aliphatic carbocycles. The van der Waals surface area contributed by atoms with Crippen LogP contribution in [0.2, 0.25) is 0 Å². The van der Waals surface area contributed by atoms with Crippen molar-refractivity contribution < 1.29 is 13.2 Å². The Labute approximate surface area is 127 Å². The zero-order valence-electron chi connectivity index (χ0n) is 12.7. The molecule has 21 heavy (non-hydrogen) atoms. The Balaban J connectivity index is 2.49. The Morgan fingerprint density at radius 3 is 2.48 bits per heavy atom. The molecule has 7 heteroatoms. The number of nitrogens with one attached hydrogen (secondary N) is 1. The maximum atomic E-state index is 12.1. The number of rotatable bonds is 10. The van der Waals surface area contributed by atoms with Crippen molar-refractivity contribution >= 4 is 10.0 Å². The summed E-state index contributed by atoms with van der Waals surface area (Å²) in [6.45, 7) is 2.96. The van der Waals surface area contributed by atoms with Crippen molar-refractivity contribution in [2.75, 3.05) is 46.9 Å². The topological polar surface area (TPSA) is 84.7 Å². The number of hydrogen-bond donors (Lipinski definition) is 2. The lowest BCUT2D eigenvalue weighted by atomic mass is 10.2. The Morgan fingerprint density at radius 2 is 1.90 bits per heavy atom. The zero-order chi connectivity index (χ0) is 15.7. The highest BCUT2D eigenvalue weighted by molar-refractivity contribution is 7.89. The molecule has 0 spiro atoms. The average Bonchev–Trinajstić information content (AvgIpc) is 2.46. The number of nitrogens with two attached hydrogens (primary N) is 1. The molecule has 6 nitrogen and oxygen atoms in total. The standard InChI is InChI=1S/C14H25N3O3S/c1-17(11-12-20-2)10-9-16-21(18,19)14-5-3-13(4-6-14)7-8-15/h3-6,16H,7-12,15H2,1-2H3. The molecule has 0 heterocycles. The third-order valence-electron chi connectivity index (χ3n) is 3.13. The molecule has 1 aromatic rings. The minimum absolute atomic E-state index is 0.280. The first-order valence-corrected chi connectivity index (χ1v) is 8.44. The third-order valence-corrected chi connectivity index (χ3v) is 4.61. The molecule has 1 rings (SSSR count). The number of likely N-dealkylation sites (N-methyl/N-ethyl adjacent to an activating group) is 1. The average molecular weight is 315 g/mol. The molecule has 0 aliphatic rings. The van der Waals surface area contributed by atoms with E-state index in [1.807, 2.05) is 11.9 Å². The smallest absolute Gasteiger partial charge is 0.240 e. The Hall–Kier alpha value is -0.990. The van der Waals surface area contributed by atoms with Gasteiger partial charge in [-0.15, -0.1) is 0 Å². The predicted octanol–water partition coefficient (Wildman–Crippen LogP) is 0.0443. The molecular formula is C14H25N3O3S. The molecule has 1 aromatic carbocycles. The number of methoxy groups -OCH3 is 1. The SMILES string of the molecule is COCCN(C)CCNS(=O)(=O)c1ccc(CCN)cc1. The summed E-state index contributed by atoms with van der Waals surface area (Å²) in [6.07, 6.45) is 0.748. The van der Waals surface area contributed by atoms with Gasteiger partial charge in [0, 0.05) is 26.7 Å². The molecule has 3 N–H and O–H groups in total. The lowest BCUT2D eigenvalue weighted by Gasteiger charge is -2.16. The van der Waals surface area contributed by atoms with Gasteiger partial charge in [-0.3, -0.25) is 0 Å². The van der Waals surface area contributed by atoms with Gasteiger partial charge in [0.05, 0.1) is 11.5 Å². The van der Waals surface area contributed by atoms with Gasteiger partial charge >= 0.3 is 0 Å². The summed E-state index contributed by atoms with van der Waals surface area (Å²) in [5.74, 6) is 0. The fourth-order valence-corrected chi connectivity index (χ4v) is 2.84. The molecular weight excluding hydrogens is 290 g/mol. The second-order valence-electron chi connectivity index (χ2n) is 4.88. The Morgan fingerprint density at radius 1 is 1.24 bits per heavy atom.